The van der Waals surface area contributed by atoms with E-state index in [1.807, 2.05) is 32.9 Å². The lowest BCUT2D eigenvalue weighted by molar-refractivity contribution is -0.0143. The van der Waals surface area contributed by atoms with Gasteiger partial charge in [0.1, 0.15) is 0 Å². The van der Waals surface area contributed by atoms with Crippen molar-refractivity contribution >= 4 is 0 Å². The van der Waals surface area contributed by atoms with Crippen LogP contribution in [0.5, 0.6) is 0 Å². The molecular weight excluding hydrogens is 162 g/mol. The van der Waals surface area contributed by atoms with E-state index in [-0.39, 0.29) is 5.92 Å². The van der Waals surface area contributed by atoms with Crippen molar-refractivity contribution in [1.82, 2.24) is 4.98 Å². The molecule has 1 atom stereocenters. The summed E-state index contributed by atoms with van der Waals surface area (Å²) in [5, 5.41) is 10.3. The third-order valence-corrected chi connectivity index (χ3v) is 2.66. The molecule has 13 heavy (non-hydrogen) atoms. The Morgan fingerprint density at radius 1 is 1.54 bits per heavy atom. The Hall–Kier alpha value is -0.890. The van der Waals surface area contributed by atoms with E-state index in [0.29, 0.717) is 0 Å². The highest BCUT2D eigenvalue weighted by Crippen LogP contribution is 2.31. The molecule has 2 nitrogen and oxygen atoms in total. The van der Waals surface area contributed by atoms with Crippen LogP contribution in [0, 0.1) is 5.92 Å². The molecule has 1 N–H and O–H groups in total. The van der Waals surface area contributed by atoms with Crippen LogP contribution in [0.4, 0.5) is 0 Å². The minimum absolute atomic E-state index is 0.210. The van der Waals surface area contributed by atoms with E-state index in [0.717, 1.165) is 12.0 Å². The van der Waals surface area contributed by atoms with Gasteiger partial charge in [0, 0.05) is 18.0 Å². The average Bonchev–Trinajstić information content (AvgIpc) is 2.17. The molecule has 0 aliphatic rings. The minimum Gasteiger partial charge on any atom is -0.385 e. The fourth-order valence-electron chi connectivity index (χ4n) is 1.56. The van der Waals surface area contributed by atoms with Crippen molar-refractivity contribution in [2.45, 2.75) is 32.8 Å². The molecule has 0 fully saturated rings. The SMILES string of the molecule is CCC(O)(c1cccnc1)C(C)C. The molecule has 1 aromatic rings. The van der Waals surface area contributed by atoms with Gasteiger partial charge in [0.2, 0.25) is 0 Å². The van der Waals surface area contributed by atoms with Crippen LogP contribution in [0.25, 0.3) is 0 Å². The van der Waals surface area contributed by atoms with Gasteiger partial charge in [-0.05, 0) is 18.4 Å². The zero-order valence-corrected chi connectivity index (χ0v) is 8.49. The maximum absolute atomic E-state index is 10.3. The summed E-state index contributed by atoms with van der Waals surface area (Å²) in [6, 6.07) is 3.79. The van der Waals surface area contributed by atoms with Gasteiger partial charge in [-0.2, -0.15) is 0 Å². The molecular formula is C11H17NO. The van der Waals surface area contributed by atoms with Gasteiger partial charge in [0.05, 0.1) is 5.60 Å². The second-order valence-electron chi connectivity index (χ2n) is 3.67. The highest BCUT2D eigenvalue weighted by Gasteiger charge is 2.30. The molecule has 0 saturated heterocycles. The van der Waals surface area contributed by atoms with E-state index in [4.69, 9.17) is 0 Å². The topological polar surface area (TPSA) is 33.1 Å². The van der Waals surface area contributed by atoms with Crippen LogP contribution in [-0.2, 0) is 5.60 Å². The van der Waals surface area contributed by atoms with Gasteiger partial charge < -0.3 is 5.11 Å². The summed E-state index contributed by atoms with van der Waals surface area (Å²) >= 11 is 0. The molecule has 1 aromatic heterocycles. The van der Waals surface area contributed by atoms with Crippen LogP contribution < -0.4 is 0 Å². The first-order valence-corrected chi connectivity index (χ1v) is 4.74. The molecule has 1 heterocycles. The van der Waals surface area contributed by atoms with Crippen LogP contribution in [0.3, 0.4) is 0 Å². The minimum atomic E-state index is -0.728. The second-order valence-corrected chi connectivity index (χ2v) is 3.67. The lowest BCUT2D eigenvalue weighted by Crippen LogP contribution is -2.31. The first-order valence-electron chi connectivity index (χ1n) is 4.74. The molecule has 0 radical (unpaired) electrons. The summed E-state index contributed by atoms with van der Waals surface area (Å²) in [5.41, 5.74) is 0.182. The summed E-state index contributed by atoms with van der Waals surface area (Å²) in [7, 11) is 0. The number of aliphatic hydroxyl groups is 1. The fraction of sp³-hybridized carbons (Fsp3) is 0.545. The van der Waals surface area contributed by atoms with Crippen molar-refractivity contribution in [1.29, 1.82) is 0 Å². The molecule has 0 aromatic carbocycles. The van der Waals surface area contributed by atoms with Crippen LogP contribution in [-0.4, -0.2) is 10.1 Å². The maximum atomic E-state index is 10.3. The fourth-order valence-corrected chi connectivity index (χ4v) is 1.56. The first-order chi connectivity index (χ1) is 6.11. The number of nitrogens with zero attached hydrogens (tertiary/aromatic N) is 1. The Kier molecular flexibility index (Phi) is 3.04. The maximum Gasteiger partial charge on any atom is 0.0931 e. The Balaban J connectivity index is 3.03. The van der Waals surface area contributed by atoms with Gasteiger partial charge in [0.15, 0.2) is 0 Å². The predicted octanol–water partition coefficient (Wildman–Crippen LogP) is 2.34. The van der Waals surface area contributed by atoms with Crippen molar-refractivity contribution in [3.05, 3.63) is 30.1 Å². The van der Waals surface area contributed by atoms with E-state index >= 15 is 0 Å². The summed E-state index contributed by atoms with van der Waals surface area (Å²) in [6.07, 6.45) is 4.18. The largest absolute Gasteiger partial charge is 0.385 e. The highest BCUT2D eigenvalue weighted by atomic mass is 16.3. The molecule has 0 aliphatic carbocycles. The third kappa shape index (κ3) is 1.89. The average molecular weight is 179 g/mol. The Morgan fingerprint density at radius 3 is 2.62 bits per heavy atom. The molecule has 1 rings (SSSR count). The van der Waals surface area contributed by atoms with E-state index in [1.54, 1.807) is 12.4 Å². The summed E-state index contributed by atoms with van der Waals surface area (Å²) in [6.45, 7) is 6.04. The number of hydrogen-bond donors (Lipinski definition) is 1. The van der Waals surface area contributed by atoms with Crippen LogP contribution in [0.1, 0.15) is 32.8 Å². The van der Waals surface area contributed by atoms with E-state index in [2.05, 4.69) is 4.98 Å². The van der Waals surface area contributed by atoms with Crippen molar-refractivity contribution in [3.8, 4) is 0 Å². The number of aromatic nitrogens is 1. The second kappa shape index (κ2) is 3.88. The zero-order chi connectivity index (χ0) is 9.90. The summed E-state index contributed by atoms with van der Waals surface area (Å²) < 4.78 is 0. The highest BCUT2D eigenvalue weighted by molar-refractivity contribution is 5.18. The molecule has 72 valence electrons. The predicted molar refractivity (Wildman–Crippen MR) is 53.3 cm³/mol. The summed E-state index contributed by atoms with van der Waals surface area (Å²) in [4.78, 5) is 4.02. The van der Waals surface area contributed by atoms with Gasteiger partial charge >= 0.3 is 0 Å². The normalized spacial score (nSPS) is 15.8. The number of hydrogen-bond acceptors (Lipinski definition) is 2. The van der Waals surface area contributed by atoms with E-state index in [9.17, 15) is 5.11 Å². The zero-order valence-electron chi connectivity index (χ0n) is 8.49. The lowest BCUT2D eigenvalue weighted by Gasteiger charge is -2.31. The smallest absolute Gasteiger partial charge is 0.0931 e. The monoisotopic (exact) mass is 179 g/mol. The Morgan fingerprint density at radius 2 is 2.23 bits per heavy atom. The van der Waals surface area contributed by atoms with Crippen LogP contribution in [0.15, 0.2) is 24.5 Å². The molecule has 1 unspecified atom stereocenters. The molecule has 0 spiro atoms. The van der Waals surface area contributed by atoms with Crippen LogP contribution in [0.2, 0.25) is 0 Å². The van der Waals surface area contributed by atoms with Crippen molar-refractivity contribution < 1.29 is 5.11 Å². The van der Waals surface area contributed by atoms with Crippen molar-refractivity contribution in [2.24, 2.45) is 5.92 Å². The van der Waals surface area contributed by atoms with Crippen molar-refractivity contribution in [3.63, 3.8) is 0 Å². The first kappa shape index (κ1) is 10.2. The van der Waals surface area contributed by atoms with Gasteiger partial charge in [-0.25, -0.2) is 0 Å². The third-order valence-electron chi connectivity index (χ3n) is 2.66. The quantitative estimate of drug-likeness (QED) is 0.772. The Labute approximate surface area is 79.6 Å². The summed E-state index contributed by atoms with van der Waals surface area (Å²) in [5.74, 6) is 0.210. The lowest BCUT2D eigenvalue weighted by atomic mass is 9.82. The number of pyridine rings is 1. The van der Waals surface area contributed by atoms with E-state index in [1.165, 1.54) is 0 Å². The van der Waals surface area contributed by atoms with E-state index < -0.39 is 5.60 Å². The van der Waals surface area contributed by atoms with Gasteiger partial charge in [-0.1, -0.05) is 26.8 Å². The van der Waals surface area contributed by atoms with Crippen molar-refractivity contribution in [2.75, 3.05) is 0 Å². The molecule has 2 heteroatoms. The van der Waals surface area contributed by atoms with Gasteiger partial charge in [0.25, 0.3) is 0 Å². The molecule has 0 saturated carbocycles. The standard InChI is InChI=1S/C11H17NO/c1-4-11(13,9(2)3)10-6-5-7-12-8-10/h5-9,13H,4H2,1-3H3. The van der Waals surface area contributed by atoms with Gasteiger partial charge in [-0.15, -0.1) is 0 Å². The molecule has 0 amide bonds. The van der Waals surface area contributed by atoms with Gasteiger partial charge in [-0.3, -0.25) is 4.98 Å². The molecule has 0 aliphatic heterocycles. The molecule has 0 bridgehead atoms. The Bertz CT molecular complexity index is 258. The number of rotatable bonds is 3. The van der Waals surface area contributed by atoms with Crippen LogP contribution >= 0.6 is 0 Å².